The molecule has 1 aromatic carbocycles. The minimum absolute atomic E-state index is 0.146. The number of amides is 1. The highest BCUT2D eigenvalue weighted by Gasteiger charge is 2.11. The number of nitrogens with one attached hydrogen (secondary N) is 1. The maximum absolute atomic E-state index is 12.2. The number of hydrogen-bond acceptors (Lipinski definition) is 5. The van der Waals surface area contributed by atoms with Gasteiger partial charge in [0.05, 0.1) is 25.4 Å². The molecular formula is C19H23N3O3. The van der Waals surface area contributed by atoms with Crippen molar-refractivity contribution in [2.45, 2.75) is 13.5 Å². The Labute approximate surface area is 147 Å². The molecule has 0 aliphatic carbocycles. The Kier molecular flexibility index (Phi) is 5.85. The zero-order chi connectivity index (χ0) is 17.5. The average molecular weight is 341 g/mol. The molecule has 0 atom stereocenters. The van der Waals surface area contributed by atoms with Gasteiger partial charge in [-0.2, -0.15) is 0 Å². The Hall–Kier alpha value is -2.60. The molecule has 25 heavy (non-hydrogen) atoms. The van der Waals surface area contributed by atoms with Gasteiger partial charge < -0.3 is 19.7 Å². The van der Waals surface area contributed by atoms with E-state index in [2.05, 4.69) is 27.3 Å². The quantitative estimate of drug-likeness (QED) is 0.873. The predicted molar refractivity (Wildman–Crippen MR) is 96.1 cm³/mol. The summed E-state index contributed by atoms with van der Waals surface area (Å²) in [6, 6.07) is 11.7. The fourth-order valence-electron chi connectivity index (χ4n) is 2.68. The first-order valence-electron chi connectivity index (χ1n) is 8.55. The van der Waals surface area contributed by atoms with Gasteiger partial charge in [-0.15, -0.1) is 0 Å². The van der Waals surface area contributed by atoms with Crippen LogP contribution in [0.25, 0.3) is 0 Å². The van der Waals surface area contributed by atoms with Crippen LogP contribution in [0.4, 0.5) is 5.69 Å². The lowest BCUT2D eigenvalue weighted by Crippen LogP contribution is -2.36. The number of morpholine rings is 1. The van der Waals surface area contributed by atoms with Crippen molar-refractivity contribution >= 4 is 11.6 Å². The molecule has 6 nitrogen and oxygen atoms in total. The summed E-state index contributed by atoms with van der Waals surface area (Å²) in [4.78, 5) is 18.6. The molecule has 1 aromatic heterocycles. The van der Waals surface area contributed by atoms with Crippen LogP contribution in [0.2, 0.25) is 0 Å². The Morgan fingerprint density at radius 3 is 2.60 bits per heavy atom. The maximum atomic E-state index is 12.2. The van der Waals surface area contributed by atoms with Gasteiger partial charge in [0.2, 0.25) is 5.88 Å². The molecular weight excluding hydrogens is 318 g/mol. The first-order chi connectivity index (χ1) is 12.3. The molecule has 0 spiro atoms. The number of carbonyl (C=O) groups excluding carboxylic acids is 1. The molecule has 1 aliphatic rings. The van der Waals surface area contributed by atoms with Gasteiger partial charge >= 0.3 is 0 Å². The summed E-state index contributed by atoms with van der Waals surface area (Å²) in [5, 5.41) is 2.91. The number of hydrogen-bond donors (Lipinski definition) is 1. The summed E-state index contributed by atoms with van der Waals surface area (Å²) in [5.74, 6) is 0.380. The van der Waals surface area contributed by atoms with Gasteiger partial charge in [0.15, 0.2) is 0 Å². The average Bonchev–Trinajstić information content (AvgIpc) is 2.68. The Bertz CT molecular complexity index is 680. The summed E-state index contributed by atoms with van der Waals surface area (Å²) >= 11 is 0. The van der Waals surface area contributed by atoms with E-state index < -0.39 is 0 Å². The molecule has 1 saturated heterocycles. The molecule has 132 valence electrons. The Morgan fingerprint density at radius 1 is 1.20 bits per heavy atom. The summed E-state index contributed by atoms with van der Waals surface area (Å²) in [6.45, 7) is 6.31. The van der Waals surface area contributed by atoms with Crippen molar-refractivity contribution in [1.82, 2.24) is 10.3 Å². The lowest BCUT2D eigenvalue weighted by molar-refractivity contribution is 0.0950. The number of carbonyl (C=O) groups is 1. The van der Waals surface area contributed by atoms with Crippen LogP contribution in [0.5, 0.6) is 5.88 Å². The molecule has 2 aromatic rings. The fourth-order valence-corrected chi connectivity index (χ4v) is 2.68. The van der Waals surface area contributed by atoms with E-state index >= 15 is 0 Å². The second-order valence-electron chi connectivity index (χ2n) is 5.77. The topological polar surface area (TPSA) is 63.7 Å². The highest BCUT2D eigenvalue weighted by Crippen LogP contribution is 2.16. The first kappa shape index (κ1) is 17.2. The third-order valence-corrected chi connectivity index (χ3v) is 4.06. The van der Waals surface area contributed by atoms with E-state index in [0.717, 1.165) is 31.9 Å². The van der Waals surface area contributed by atoms with Crippen molar-refractivity contribution in [3.63, 3.8) is 0 Å². The molecule has 3 rings (SSSR count). The van der Waals surface area contributed by atoms with Gasteiger partial charge in [-0.25, -0.2) is 4.98 Å². The van der Waals surface area contributed by atoms with E-state index in [4.69, 9.17) is 9.47 Å². The monoisotopic (exact) mass is 341 g/mol. The number of nitrogens with zero attached hydrogens (tertiary/aromatic N) is 2. The number of aromatic nitrogens is 1. The van der Waals surface area contributed by atoms with Crippen LogP contribution in [-0.4, -0.2) is 43.8 Å². The van der Waals surface area contributed by atoms with Crippen LogP contribution >= 0.6 is 0 Å². The van der Waals surface area contributed by atoms with Gasteiger partial charge in [-0.1, -0.05) is 12.1 Å². The smallest absolute Gasteiger partial charge is 0.253 e. The van der Waals surface area contributed by atoms with Crippen molar-refractivity contribution in [3.05, 3.63) is 53.7 Å². The van der Waals surface area contributed by atoms with Crippen molar-refractivity contribution in [2.24, 2.45) is 0 Å². The van der Waals surface area contributed by atoms with Crippen molar-refractivity contribution < 1.29 is 14.3 Å². The van der Waals surface area contributed by atoms with E-state index in [1.165, 1.54) is 11.9 Å². The number of ether oxygens (including phenoxy) is 2. The van der Waals surface area contributed by atoms with E-state index in [0.29, 0.717) is 24.6 Å². The lowest BCUT2D eigenvalue weighted by atomic mass is 10.2. The Morgan fingerprint density at radius 2 is 1.96 bits per heavy atom. The summed E-state index contributed by atoms with van der Waals surface area (Å²) in [6.07, 6.45) is 1.53. The number of benzene rings is 1. The van der Waals surface area contributed by atoms with E-state index in [-0.39, 0.29) is 5.91 Å². The molecule has 2 heterocycles. The largest absolute Gasteiger partial charge is 0.478 e. The van der Waals surface area contributed by atoms with Gasteiger partial charge in [-0.3, -0.25) is 4.79 Å². The summed E-state index contributed by atoms with van der Waals surface area (Å²) in [7, 11) is 0. The molecule has 1 aliphatic heterocycles. The van der Waals surface area contributed by atoms with Crippen LogP contribution in [-0.2, 0) is 11.3 Å². The number of rotatable bonds is 6. The Balaban J connectivity index is 1.53. The van der Waals surface area contributed by atoms with Crippen molar-refractivity contribution in [3.8, 4) is 5.88 Å². The van der Waals surface area contributed by atoms with E-state index in [9.17, 15) is 4.79 Å². The minimum atomic E-state index is -0.146. The zero-order valence-corrected chi connectivity index (χ0v) is 14.4. The molecule has 0 radical (unpaired) electrons. The zero-order valence-electron chi connectivity index (χ0n) is 14.4. The summed E-state index contributed by atoms with van der Waals surface area (Å²) < 4.78 is 10.6. The third kappa shape index (κ3) is 4.70. The van der Waals surface area contributed by atoms with E-state index in [1.807, 2.05) is 19.1 Å². The molecule has 0 bridgehead atoms. The van der Waals surface area contributed by atoms with Gasteiger partial charge in [0, 0.05) is 37.6 Å². The lowest BCUT2D eigenvalue weighted by Gasteiger charge is -2.28. The predicted octanol–water partition coefficient (Wildman–Crippen LogP) is 2.25. The molecule has 0 unspecified atom stereocenters. The molecule has 6 heteroatoms. The van der Waals surface area contributed by atoms with Gasteiger partial charge in [0.1, 0.15) is 0 Å². The molecule has 1 fully saturated rings. The molecule has 0 saturated carbocycles. The van der Waals surface area contributed by atoms with Crippen molar-refractivity contribution in [2.75, 3.05) is 37.8 Å². The second-order valence-corrected chi connectivity index (χ2v) is 5.77. The van der Waals surface area contributed by atoms with Gasteiger partial charge in [-0.05, 0) is 30.7 Å². The van der Waals surface area contributed by atoms with Crippen LogP contribution in [0, 0.1) is 0 Å². The molecule has 1 N–H and O–H groups in total. The summed E-state index contributed by atoms with van der Waals surface area (Å²) in [5.41, 5.74) is 2.77. The van der Waals surface area contributed by atoms with Crippen LogP contribution in [0.1, 0.15) is 22.8 Å². The van der Waals surface area contributed by atoms with Crippen LogP contribution in [0.3, 0.4) is 0 Å². The van der Waals surface area contributed by atoms with Crippen LogP contribution < -0.4 is 15.0 Å². The van der Waals surface area contributed by atoms with Crippen LogP contribution in [0.15, 0.2) is 42.6 Å². The number of anilines is 1. The highest BCUT2D eigenvalue weighted by atomic mass is 16.5. The SMILES string of the molecule is CCOc1ccc(C(=O)NCc2ccc(N3CCOCC3)cc2)cn1. The fraction of sp³-hybridized carbons (Fsp3) is 0.368. The van der Waals surface area contributed by atoms with E-state index in [1.54, 1.807) is 12.1 Å². The second kappa shape index (κ2) is 8.48. The minimum Gasteiger partial charge on any atom is -0.478 e. The normalized spacial score (nSPS) is 14.2. The third-order valence-electron chi connectivity index (χ3n) is 4.06. The van der Waals surface area contributed by atoms with Gasteiger partial charge in [0.25, 0.3) is 5.91 Å². The number of pyridine rings is 1. The molecule has 1 amide bonds. The van der Waals surface area contributed by atoms with Crippen molar-refractivity contribution in [1.29, 1.82) is 0 Å². The standard InChI is InChI=1S/C19H23N3O3/c1-2-25-18-8-5-16(14-20-18)19(23)21-13-15-3-6-17(7-4-15)22-9-11-24-12-10-22/h3-8,14H,2,9-13H2,1H3,(H,21,23). The maximum Gasteiger partial charge on any atom is 0.253 e. The highest BCUT2D eigenvalue weighted by molar-refractivity contribution is 5.93. The first-order valence-corrected chi connectivity index (χ1v) is 8.55.